The second-order valence-corrected chi connectivity index (χ2v) is 3.86. The third-order valence-corrected chi connectivity index (χ3v) is 3.46. The molecule has 0 aliphatic rings. The fraction of sp³-hybridized carbons (Fsp3) is 0.167. The minimum Gasteiger partial charge on any atom is -0.247 e. The molecule has 0 spiro atoms. The maximum absolute atomic E-state index is 12.2. The lowest BCUT2D eigenvalue weighted by Gasteiger charge is -2.04. The van der Waals surface area contributed by atoms with Gasteiger partial charge in [-0.1, -0.05) is 11.6 Å². The lowest BCUT2D eigenvalue weighted by Crippen LogP contribution is -1.90. The van der Waals surface area contributed by atoms with Crippen molar-refractivity contribution in [3.05, 3.63) is 25.9 Å². The summed E-state index contributed by atoms with van der Waals surface area (Å²) in [6.07, 6.45) is -1.50. The summed E-state index contributed by atoms with van der Waals surface area (Å²) >= 11 is 11.6. The molecular formula is C6H2Br2ClF2N. The molecule has 0 aromatic carbocycles. The Hall–Kier alpha value is 0.260. The molecule has 0 saturated carbocycles. The third-order valence-electron chi connectivity index (χ3n) is 1.18. The SMILES string of the molecule is FC(F)c1cnc(Br)c(Cl)c1Br. The van der Waals surface area contributed by atoms with Crippen LogP contribution in [-0.2, 0) is 0 Å². The maximum atomic E-state index is 12.2. The largest absolute Gasteiger partial charge is 0.266 e. The van der Waals surface area contributed by atoms with E-state index in [0.717, 1.165) is 6.20 Å². The van der Waals surface area contributed by atoms with Crippen molar-refractivity contribution in [2.24, 2.45) is 0 Å². The number of nitrogens with zero attached hydrogens (tertiary/aromatic N) is 1. The molecule has 66 valence electrons. The van der Waals surface area contributed by atoms with Crippen LogP contribution in [0.5, 0.6) is 0 Å². The average molecular weight is 321 g/mol. The van der Waals surface area contributed by atoms with E-state index in [0.29, 0.717) is 4.60 Å². The van der Waals surface area contributed by atoms with Gasteiger partial charge >= 0.3 is 0 Å². The predicted octanol–water partition coefficient (Wildman–Crippen LogP) is 4.20. The monoisotopic (exact) mass is 319 g/mol. The van der Waals surface area contributed by atoms with Crippen LogP contribution in [0.3, 0.4) is 0 Å². The second kappa shape index (κ2) is 3.98. The molecular weight excluding hydrogens is 319 g/mol. The van der Waals surface area contributed by atoms with Crippen LogP contribution in [-0.4, -0.2) is 4.98 Å². The van der Waals surface area contributed by atoms with Crippen molar-refractivity contribution in [2.45, 2.75) is 6.43 Å². The van der Waals surface area contributed by atoms with Gasteiger partial charge in [-0.3, -0.25) is 0 Å². The quantitative estimate of drug-likeness (QED) is 0.707. The van der Waals surface area contributed by atoms with Crippen LogP contribution in [0, 0.1) is 0 Å². The zero-order chi connectivity index (χ0) is 9.30. The first-order chi connectivity index (χ1) is 5.54. The molecule has 0 N–H and O–H groups in total. The van der Waals surface area contributed by atoms with Crippen molar-refractivity contribution >= 4 is 43.5 Å². The highest BCUT2D eigenvalue weighted by molar-refractivity contribution is 9.11. The van der Waals surface area contributed by atoms with Crippen LogP contribution in [0.15, 0.2) is 15.3 Å². The zero-order valence-corrected chi connectivity index (χ0v) is 9.42. The molecule has 0 aliphatic heterocycles. The molecule has 12 heavy (non-hydrogen) atoms. The topological polar surface area (TPSA) is 12.9 Å². The number of hydrogen-bond acceptors (Lipinski definition) is 1. The summed E-state index contributed by atoms with van der Waals surface area (Å²) in [7, 11) is 0. The number of alkyl halides is 2. The Morgan fingerprint density at radius 3 is 2.50 bits per heavy atom. The Morgan fingerprint density at radius 2 is 2.00 bits per heavy atom. The first-order valence-electron chi connectivity index (χ1n) is 2.81. The Bertz CT molecular complexity index is 306. The van der Waals surface area contributed by atoms with Gasteiger partial charge in [-0.15, -0.1) is 0 Å². The van der Waals surface area contributed by atoms with Gasteiger partial charge in [-0.2, -0.15) is 0 Å². The smallest absolute Gasteiger partial charge is 0.247 e. The maximum Gasteiger partial charge on any atom is 0.266 e. The highest BCUT2D eigenvalue weighted by Crippen LogP contribution is 2.35. The lowest BCUT2D eigenvalue weighted by molar-refractivity contribution is 0.150. The van der Waals surface area contributed by atoms with Crippen LogP contribution >= 0.6 is 43.5 Å². The van der Waals surface area contributed by atoms with Gasteiger partial charge in [0, 0.05) is 10.7 Å². The molecule has 1 aromatic rings. The van der Waals surface area contributed by atoms with Gasteiger partial charge in [0.2, 0.25) is 0 Å². The molecule has 0 amide bonds. The molecule has 0 fully saturated rings. The van der Waals surface area contributed by atoms with Gasteiger partial charge in [-0.05, 0) is 31.9 Å². The Balaban J connectivity index is 3.27. The first-order valence-corrected chi connectivity index (χ1v) is 4.78. The summed E-state index contributed by atoms with van der Waals surface area (Å²) in [6.45, 7) is 0. The summed E-state index contributed by atoms with van der Waals surface area (Å²) in [5.74, 6) is 0. The van der Waals surface area contributed by atoms with Crippen molar-refractivity contribution < 1.29 is 8.78 Å². The molecule has 1 rings (SSSR count). The molecule has 0 radical (unpaired) electrons. The molecule has 1 nitrogen and oxygen atoms in total. The van der Waals surface area contributed by atoms with E-state index < -0.39 is 6.43 Å². The highest BCUT2D eigenvalue weighted by atomic mass is 79.9. The molecule has 6 heteroatoms. The molecule has 1 aromatic heterocycles. The molecule has 0 aliphatic carbocycles. The van der Waals surface area contributed by atoms with E-state index in [4.69, 9.17) is 11.6 Å². The summed E-state index contributed by atoms with van der Waals surface area (Å²) in [6, 6.07) is 0. The number of hydrogen-bond donors (Lipinski definition) is 0. The molecule has 0 saturated heterocycles. The van der Waals surface area contributed by atoms with Crippen LogP contribution < -0.4 is 0 Å². The minimum atomic E-state index is -2.57. The summed E-state index contributed by atoms with van der Waals surface area (Å²) < 4.78 is 24.9. The molecule has 0 bridgehead atoms. The van der Waals surface area contributed by atoms with Crippen molar-refractivity contribution in [2.75, 3.05) is 0 Å². The van der Waals surface area contributed by atoms with Crippen molar-refractivity contribution in [3.63, 3.8) is 0 Å². The Morgan fingerprint density at radius 1 is 1.42 bits per heavy atom. The molecule has 0 atom stereocenters. The summed E-state index contributed by atoms with van der Waals surface area (Å²) in [5, 5.41) is 0.160. The minimum absolute atomic E-state index is 0.160. The fourth-order valence-electron chi connectivity index (χ4n) is 0.609. The number of aromatic nitrogens is 1. The summed E-state index contributed by atoms with van der Waals surface area (Å²) in [4.78, 5) is 3.64. The highest BCUT2D eigenvalue weighted by Gasteiger charge is 2.16. The van der Waals surface area contributed by atoms with E-state index in [1.807, 2.05) is 0 Å². The van der Waals surface area contributed by atoms with Crippen molar-refractivity contribution in [1.82, 2.24) is 4.98 Å². The van der Waals surface area contributed by atoms with Gasteiger partial charge in [0.25, 0.3) is 6.43 Å². The van der Waals surface area contributed by atoms with E-state index in [1.54, 1.807) is 0 Å². The number of rotatable bonds is 1. The zero-order valence-electron chi connectivity index (χ0n) is 5.49. The van der Waals surface area contributed by atoms with Gasteiger partial charge in [-0.25, -0.2) is 13.8 Å². The average Bonchev–Trinajstić information content (AvgIpc) is 2.00. The van der Waals surface area contributed by atoms with Crippen molar-refractivity contribution in [1.29, 1.82) is 0 Å². The van der Waals surface area contributed by atoms with E-state index in [1.165, 1.54) is 0 Å². The first kappa shape index (κ1) is 10.3. The van der Waals surface area contributed by atoms with Gasteiger partial charge < -0.3 is 0 Å². The standard InChI is InChI=1S/C6H2Br2ClF2N/c7-3-2(6(10)11)1-12-5(8)4(3)9/h1,6H. The van der Waals surface area contributed by atoms with Crippen LogP contribution in [0.25, 0.3) is 0 Å². The Labute approximate surface area is 89.4 Å². The van der Waals surface area contributed by atoms with Crippen LogP contribution in [0.4, 0.5) is 8.78 Å². The normalized spacial score (nSPS) is 10.8. The predicted molar refractivity (Wildman–Crippen MR) is 49.6 cm³/mol. The van der Waals surface area contributed by atoms with Crippen LogP contribution in [0.2, 0.25) is 5.02 Å². The van der Waals surface area contributed by atoms with Crippen molar-refractivity contribution in [3.8, 4) is 0 Å². The third kappa shape index (κ3) is 1.95. The van der Waals surface area contributed by atoms with E-state index >= 15 is 0 Å². The number of halogens is 5. The van der Waals surface area contributed by atoms with E-state index in [-0.39, 0.29) is 15.1 Å². The molecule has 0 unspecified atom stereocenters. The molecule has 1 heterocycles. The Kier molecular flexibility index (Phi) is 3.43. The van der Waals surface area contributed by atoms with E-state index in [2.05, 4.69) is 36.8 Å². The van der Waals surface area contributed by atoms with Gasteiger partial charge in [0.15, 0.2) is 0 Å². The van der Waals surface area contributed by atoms with Gasteiger partial charge in [0.1, 0.15) is 4.60 Å². The number of pyridine rings is 1. The summed E-state index contributed by atoms with van der Waals surface area (Å²) in [5.41, 5.74) is -0.205. The van der Waals surface area contributed by atoms with Gasteiger partial charge in [0.05, 0.1) is 10.6 Å². The van der Waals surface area contributed by atoms with Crippen LogP contribution in [0.1, 0.15) is 12.0 Å². The fourth-order valence-corrected chi connectivity index (χ4v) is 1.80. The lowest BCUT2D eigenvalue weighted by atomic mass is 10.3. The van der Waals surface area contributed by atoms with E-state index in [9.17, 15) is 8.78 Å². The second-order valence-electron chi connectivity index (χ2n) is 1.93.